The van der Waals surface area contributed by atoms with Crippen LogP contribution in [0.1, 0.15) is 18.4 Å². The van der Waals surface area contributed by atoms with E-state index in [2.05, 4.69) is 26.1 Å². The summed E-state index contributed by atoms with van der Waals surface area (Å²) in [5.41, 5.74) is 1.05. The third-order valence-corrected chi connectivity index (χ3v) is 4.52. The second-order valence-electron chi connectivity index (χ2n) is 6.45. The van der Waals surface area contributed by atoms with Crippen molar-refractivity contribution in [2.24, 2.45) is 0 Å². The van der Waals surface area contributed by atoms with Gasteiger partial charge >= 0.3 is 0 Å². The van der Waals surface area contributed by atoms with Crippen molar-refractivity contribution in [3.05, 3.63) is 58.6 Å². The number of ether oxygens (including phenoxy) is 2. The summed E-state index contributed by atoms with van der Waals surface area (Å²) in [6, 6.07) is 15.5. The van der Waals surface area contributed by atoms with Gasteiger partial charge in [-0.05, 0) is 66.3 Å². The fraction of sp³-hybridized carbons (Fsp3) is 0.381. The molecular formula is C21H27BrN2O3. The highest BCUT2D eigenvalue weighted by Gasteiger charge is 2.04. The van der Waals surface area contributed by atoms with Gasteiger partial charge in [0.1, 0.15) is 18.1 Å². The molecule has 0 fully saturated rings. The number of likely N-dealkylation sites (N-methyl/N-ethyl adjacent to an activating group) is 1. The smallest absolute Gasteiger partial charge is 0.220 e. The summed E-state index contributed by atoms with van der Waals surface area (Å²) in [7, 11) is 4.03. The normalized spacial score (nSPS) is 10.7. The van der Waals surface area contributed by atoms with Gasteiger partial charge in [-0.2, -0.15) is 0 Å². The fourth-order valence-corrected chi connectivity index (χ4v) is 2.71. The van der Waals surface area contributed by atoms with Gasteiger partial charge < -0.3 is 19.7 Å². The third-order valence-electron chi connectivity index (χ3n) is 3.86. The van der Waals surface area contributed by atoms with Gasteiger partial charge in [0.2, 0.25) is 5.91 Å². The minimum Gasteiger partial charge on any atom is -0.492 e. The Bertz CT molecular complexity index is 705. The second-order valence-corrected chi connectivity index (χ2v) is 7.31. The molecule has 0 aliphatic heterocycles. The first kappa shape index (κ1) is 21.3. The molecule has 0 aliphatic carbocycles. The van der Waals surface area contributed by atoms with Crippen molar-refractivity contribution < 1.29 is 14.3 Å². The average molecular weight is 435 g/mol. The number of rotatable bonds is 11. The molecule has 0 heterocycles. The quantitative estimate of drug-likeness (QED) is 0.545. The molecule has 1 amide bonds. The Kier molecular flexibility index (Phi) is 9.15. The molecule has 0 spiro atoms. The van der Waals surface area contributed by atoms with Crippen LogP contribution < -0.4 is 14.8 Å². The highest BCUT2D eigenvalue weighted by atomic mass is 79.9. The lowest BCUT2D eigenvalue weighted by atomic mass is 10.2. The fourth-order valence-electron chi connectivity index (χ4n) is 2.32. The van der Waals surface area contributed by atoms with Crippen LogP contribution in [0, 0.1) is 0 Å². The number of carbonyl (C=O) groups excluding carboxylic acids is 1. The zero-order chi connectivity index (χ0) is 19.5. The lowest BCUT2D eigenvalue weighted by Gasteiger charge is -2.11. The molecule has 2 aromatic rings. The molecule has 0 aromatic heterocycles. The van der Waals surface area contributed by atoms with Crippen LogP contribution in [0.2, 0.25) is 0 Å². The highest BCUT2D eigenvalue weighted by molar-refractivity contribution is 9.10. The van der Waals surface area contributed by atoms with Crippen LogP contribution in [-0.2, 0) is 11.3 Å². The summed E-state index contributed by atoms with van der Waals surface area (Å²) in [5.74, 6) is 1.67. The molecule has 0 saturated heterocycles. The first-order valence-electron chi connectivity index (χ1n) is 9.05. The van der Waals surface area contributed by atoms with Gasteiger partial charge in [0.15, 0.2) is 0 Å². The van der Waals surface area contributed by atoms with Gasteiger partial charge in [-0.15, -0.1) is 0 Å². The summed E-state index contributed by atoms with van der Waals surface area (Å²) in [6.45, 7) is 2.56. The molecule has 6 heteroatoms. The number of nitrogens with zero attached hydrogens (tertiary/aromatic N) is 1. The summed E-state index contributed by atoms with van der Waals surface area (Å²) in [5, 5.41) is 2.94. The molecule has 2 aromatic carbocycles. The topological polar surface area (TPSA) is 50.8 Å². The number of para-hydroxylation sites is 1. The Hall–Kier alpha value is -2.05. The van der Waals surface area contributed by atoms with E-state index in [0.717, 1.165) is 28.1 Å². The maximum atomic E-state index is 12.0. The van der Waals surface area contributed by atoms with E-state index in [0.29, 0.717) is 32.6 Å². The first-order chi connectivity index (χ1) is 13.0. The van der Waals surface area contributed by atoms with Crippen LogP contribution >= 0.6 is 15.9 Å². The standard InChI is InChI=1S/C21H27BrN2O3/c1-24(2)13-15-26-18-11-9-17(10-12-18)16-23-21(25)8-5-14-27-20-7-4-3-6-19(20)22/h3-4,6-7,9-12H,5,8,13-16H2,1-2H3,(H,23,25). The van der Waals surface area contributed by atoms with E-state index in [-0.39, 0.29) is 5.91 Å². The van der Waals surface area contributed by atoms with Crippen molar-refractivity contribution >= 4 is 21.8 Å². The van der Waals surface area contributed by atoms with Crippen LogP contribution in [0.25, 0.3) is 0 Å². The molecule has 0 unspecified atom stereocenters. The Morgan fingerprint density at radius 2 is 1.78 bits per heavy atom. The van der Waals surface area contributed by atoms with E-state index in [1.54, 1.807) is 0 Å². The van der Waals surface area contributed by atoms with Crippen molar-refractivity contribution in [2.75, 3.05) is 33.9 Å². The molecule has 0 atom stereocenters. The molecule has 0 bridgehead atoms. The number of carbonyl (C=O) groups is 1. The number of halogens is 1. The highest BCUT2D eigenvalue weighted by Crippen LogP contribution is 2.23. The Labute approximate surface area is 169 Å². The van der Waals surface area contributed by atoms with Crippen molar-refractivity contribution in [3.8, 4) is 11.5 Å². The van der Waals surface area contributed by atoms with E-state index in [1.807, 2.05) is 62.6 Å². The Balaban J connectivity index is 1.61. The van der Waals surface area contributed by atoms with Gasteiger partial charge in [0.05, 0.1) is 11.1 Å². The molecule has 2 rings (SSSR count). The minimum absolute atomic E-state index is 0.0250. The predicted octanol–water partition coefficient (Wildman–Crippen LogP) is 3.86. The summed E-state index contributed by atoms with van der Waals surface area (Å²) < 4.78 is 12.2. The molecule has 27 heavy (non-hydrogen) atoms. The molecule has 0 saturated carbocycles. The zero-order valence-electron chi connectivity index (χ0n) is 15.9. The molecule has 0 radical (unpaired) electrons. The molecule has 146 valence electrons. The molecular weight excluding hydrogens is 408 g/mol. The van der Waals surface area contributed by atoms with Crippen molar-refractivity contribution in [1.82, 2.24) is 10.2 Å². The van der Waals surface area contributed by atoms with Gasteiger partial charge in [0, 0.05) is 19.5 Å². The van der Waals surface area contributed by atoms with Crippen LogP contribution in [0.15, 0.2) is 53.0 Å². The summed E-state index contributed by atoms with van der Waals surface area (Å²) in [6.07, 6.45) is 1.11. The predicted molar refractivity (Wildman–Crippen MR) is 111 cm³/mol. The van der Waals surface area contributed by atoms with Gasteiger partial charge in [0.25, 0.3) is 0 Å². The zero-order valence-corrected chi connectivity index (χ0v) is 17.5. The minimum atomic E-state index is 0.0250. The lowest BCUT2D eigenvalue weighted by Crippen LogP contribution is -2.23. The summed E-state index contributed by atoms with van der Waals surface area (Å²) >= 11 is 3.44. The maximum Gasteiger partial charge on any atom is 0.220 e. The third kappa shape index (κ3) is 8.45. The average Bonchev–Trinajstić information content (AvgIpc) is 2.65. The van der Waals surface area contributed by atoms with E-state index < -0.39 is 0 Å². The molecule has 0 aliphatic rings. The maximum absolute atomic E-state index is 12.0. The number of nitrogens with one attached hydrogen (secondary N) is 1. The van der Waals surface area contributed by atoms with Gasteiger partial charge in [-0.3, -0.25) is 4.79 Å². The monoisotopic (exact) mass is 434 g/mol. The summed E-state index contributed by atoms with van der Waals surface area (Å²) in [4.78, 5) is 14.0. The Morgan fingerprint density at radius 1 is 1.04 bits per heavy atom. The molecule has 1 N–H and O–H groups in total. The second kappa shape index (κ2) is 11.6. The van der Waals surface area contributed by atoms with Gasteiger partial charge in [-0.25, -0.2) is 0 Å². The number of benzene rings is 2. The number of amides is 1. The van der Waals surface area contributed by atoms with Crippen molar-refractivity contribution in [1.29, 1.82) is 0 Å². The SMILES string of the molecule is CN(C)CCOc1ccc(CNC(=O)CCCOc2ccccc2Br)cc1. The van der Waals surface area contributed by atoms with Crippen LogP contribution in [0.3, 0.4) is 0 Å². The van der Waals surface area contributed by atoms with E-state index >= 15 is 0 Å². The lowest BCUT2D eigenvalue weighted by molar-refractivity contribution is -0.121. The van der Waals surface area contributed by atoms with Crippen LogP contribution in [0.4, 0.5) is 0 Å². The van der Waals surface area contributed by atoms with Crippen molar-refractivity contribution in [3.63, 3.8) is 0 Å². The van der Waals surface area contributed by atoms with E-state index in [1.165, 1.54) is 0 Å². The van der Waals surface area contributed by atoms with E-state index in [9.17, 15) is 4.79 Å². The van der Waals surface area contributed by atoms with Crippen LogP contribution in [0.5, 0.6) is 11.5 Å². The van der Waals surface area contributed by atoms with E-state index in [4.69, 9.17) is 9.47 Å². The van der Waals surface area contributed by atoms with Crippen molar-refractivity contribution in [2.45, 2.75) is 19.4 Å². The van der Waals surface area contributed by atoms with Gasteiger partial charge in [-0.1, -0.05) is 24.3 Å². The number of hydrogen-bond acceptors (Lipinski definition) is 4. The largest absolute Gasteiger partial charge is 0.492 e. The Morgan fingerprint density at radius 3 is 2.48 bits per heavy atom. The first-order valence-corrected chi connectivity index (χ1v) is 9.84. The van der Waals surface area contributed by atoms with Crippen LogP contribution in [-0.4, -0.2) is 44.7 Å². The number of hydrogen-bond donors (Lipinski definition) is 1. The molecule has 5 nitrogen and oxygen atoms in total.